The van der Waals surface area contributed by atoms with Crippen LogP contribution in [-0.4, -0.2) is 46.7 Å². The lowest BCUT2D eigenvalue weighted by molar-refractivity contribution is 0.0706. The summed E-state index contributed by atoms with van der Waals surface area (Å²) in [6.45, 7) is 2.71. The predicted octanol–water partition coefficient (Wildman–Crippen LogP) is 3.76. The van der Waals surface area contributed by atoms with E-state index in [0.717, 1.165) is 44.0 Å². The van der Waals surface area contributed by atoms with Crippen LogP contribution in [-0.2, 0) is 0 Å². The topological polar surface area (TPSA) is 61.0 Å². The Kier molecular flexibility index (Phi) is 6.22. The second-order valence-corrected chi connectivity index (χ2v) is 7.46. The molecule has 0 radical (unpaired) electrons. The molecule has 1 saturated carbocycles. The van der Waals surface area contributed by atoms with Crippen molar-refractivity contribution in [3.63, 3.8) is 0 Å². The summed E-state index contributed by atoms with van der Waals surface area (Å²) in [5.74, 6) is 0.924. The molecule has 1 aliphatic heterocycles. The quantitative estimate of drug-likeness (QED) is 0.811. The van der Waals surface area contributed by atoms with Crippen molar-refractivity contribution in [2.45, 2.75) is 31.7 Å². The Morgan fingerprint density at radius 3 is 2.65 bits per heavy atom. The molecule has 2 aromatic rings. The third-order valence-corrected chi connectivity index (χ3v) is 5.52. The highest BCUT2D eigenvalue weighted by atomic mass is 35.5. The number of aromatic amines is 1. The molecule has 0 atom stereocenters. The number of nitrogens with one attached hydrogen (secondary N) is 2. The summed E-state index contributed by atoms with van der Waals surface area (Å²) in [6.07, 6.45) is 6.37. The third kappa shape index (κ3) is 4.22. The van der Waals surface area contributed by atoms with Crippen LogP contribution in [0.1, 0.15) is 36.0 Å². The van der Waals surface area contributed by atoms with E-state index >= 15 is 0 Å². The molecular formula is C19H24Cl2N4O. The standard InChI is InChI=1S/C19H23ClN4O.ClH/c20-17-4-2-1-3-15(17)18-16(12-22-23-18)19(25)24-9-7-14(8-10-24)21-11-13-5-6-13;/h1-4,12-14,21H,5-11H2,(H,22,23);1H. The maximum atomic E-state index is 13.0. The molecule has 2 aliphatic rings. The SMILES string of the molecule is Cl.O=C(c1cn[nH]c1-c1ccccc1Cl)N1CCC(NCC2CC2)CC1. The van der Waals surface area contributed by atoms with Gasteiger partial charge in [0.25, 0.3) is 5.91 Å². The van der Waals surface area contributed by atoms with E-state index < -0.39 is 0 Å². The Morgan fingerprint density at radius 2 is 1.96 bits per heavy atom. The minimum absolute atomic E-state index is 0. The third-order valence-electron chi connectivity index (χ3n) is 5.19. The number of likely N-dealkylation sites (tertiary alicyclic amines) is 1. The van der Waals surface area contributed by atoms with Crippen LogP contribution >= 0.6 is 24.0 Å². The van der Waals surface area contributed by atoms with Crippen LogP contribution in [0, 0.1) is 5.92 Å². The van der Waals surface area contributed by atoms with Crippen molar-refractivity contribution in [1.82, 2.24) is 20.4 Å². The van der Waals surface area contributed by atoms with Gasteiger partial charge in [0.15, 0.2) is 0 Å². The number of nitrogens with zero attached hydrogens (tertiary/aromatic N) is 2. The summed E-state index contributed by atoms with van der Waals surface area (Å²) in [5.41, 5.74) is 2.10. The van der Waals surface area contributed by atoms with Gasteiger partial charge in [0, 0.05) is 29.7 Å². The molecule has 2 fully saturated rings. The lowest BCUT2D eigenvalue weighted by Gasteiger charge is -2.32. The minimum atomic E-state index is 0. The lowest BCUT2D eigenvalue weighted by atomic mass is 10.0. The molecule has 2 N–H and O–H groups in total. The minimum Gasteiger partial charge on any atom is -0.338 e. The van der Waals surface area contributed by atoms with Gasteiger partial charge in [0.05, 0.1) is 17.5 Å². The number of carbonyl (C=O) groups excluding carboxylic acids is 1. The molecule has 5 nitrogen and oxygen atoms in total. The molecular weight excluding hydrogens is 371 g/mol. The van der Waals surface area contributed by atoms with Gasteiger partial charge in [-0.25, -0.2) is 0 Å². The summed E-state index contributed by atoms with van der Waals surface area (Å²) < 4.78 is 0. The Labute approximate surface area is 164 Å². The first-order valence-electron chi connectivity index (χ1n) is 9.03. The molecule has 7 heteroatoms. The number of hydrogen-bond acceptors (Lipinski definition) is 3. The monoisotopic (exact) mass is 394 g/mol. The zero-order valence-corrected chi connectivity index (χ0v) is 16.2. The summed E-state index contributed by atoms with van der Waals surface area (Å²) in [6, 6.07) is 8.05. The Morgan fingerprint density at radius 1 is 1.23 bits per heavy atom. The Hall–Kier alpha value is -1.56. The van der Waals surface area contributed by atoms with Crippen molar-refractivity contribution in [3.05, 3.63) is 41.0 Å². The van der Waals surface area contributed by atoms with Crippen LogP contribution in [0.4, 0.5) is 0 Å². The van der Waals surface area contributed by atoms with Crippen LogP contribution in [0.2, 0.25) is 5.02 Å². The van der Waals surface area contributed by atoms with Crippen LogP contribution < -0.4 is 5.32 Å². The average Bonchev–Trinajstić information content (AvgIpc) is 3.35. The van der Waals surface area contributed by atoms with Crippen molar-refractivity contribution in [1.29, 1.82) is 0 Å². The van der Waals surface area contributed by atoms with Gasteiger partial charge in [-0.15, -0.1) is 12.4 Å². The van der Waals surface area contributed by atoms with Gasteiger partial charge in [-0.2, -0.15) is 5.10 Å². The van der Waals surface area contributed by atoms with Crippen molar-refractivity contribution < 1.29 is 4.79 Å². The highest BCUT2D eigenvalue weighted by molar-refractivity contribution is 6.33. The molecule has 4 rings (SSSR count). The number of halogens is 2. The summed E-state index contributed by atoms with van der Waals surface area (Å²) in [7, 11) is 0. The molecule has 1 aromatic heterocycles. The summed E-state index contributed by atoms with van der Waals surface area (Å²) in [4.78, 5) is 14.9. The number of rotatable bonds is 5. The second-order valence-electron chi connectivity index (χ2n) is 7.06. The average molecular weight is 395 g/mol. The molecule has 0 unspecified atom stereocenters. The molecule has 140 valence electrons. The molecule has 26 heavy (non-hydrogen) atoms. The van der Waals surface area contributed by atoms with Gasteiger partial charge < -0.3 is 10.2 Å². The van der Waals surface area contributed by atoms with Gasteiger partial charge >= 0.3 is 0 Å². The van der Waals surface area contributed by atoms with Crippen LogP contribution in [0.5, 0.6) is 0 Å². The van der Waals surface area contributed by atoms with E-state index in [1.54, 1.807) is 6.20 Å². The van der Waals surface area contributed by atoms with Crippen LogP contribution in [0.25, 0.3) is 11.3 Å². The van der Waals surface area contributed by atoms with E-state index in [4.69, 9.17) is 11.6 Å². The van der Waals surface area contributed by atoms with E-state index in [0.29, 0.717) is 22.3 Å². The van der Waals surface area contributed by atoms with Crippen molar-refractivity contribution in [2.24, 2.45) is 5.92 Å². The zero-order chi connectivity index (χ0) is 17.2. The van der Waals surface area contributed by atoms with Gasteiger partial charge in [0.1, 0.15) is 0 Å². The summed E-state index contributed by atoms with van der Waals surface area (Å²) >= 11 is 6.28. The molecule has 0 spiro atoms. The molecule has 1 saturated heterocycles. The normalized spacial score (nSPS) is 17.8. The van der Waals surface area contributed by atoms with Crippen LogP contribution in [0.15, 0.2) is 30.5 Å². The van der Waals surface area contributed by atoms with E-state index in [2.05, 4.69) is 15.5 Å². The van der Waals surface area contributed by atoms with Gasteiger partial charge in [-0.05, 0) is 44.2 Å². The number of aromatic nitrogens is 2. The lowest BCUT2D eigenvalue weighted by Crippen LogP contribution is -2.45. The molecule has 2 heterocycles. The number of carbonyl (C=O) groups is 1. The van der Waals surface area contributed by atoms with E-state index in [-0.39, 0.29) is 18.3 Å². The van der Waals surface area contributed by atoms with E-state index in [1.165, 1.54) is 12.8 Å². The number of hydrogen-bond donors (Lipinski definition) is 2. The van der Waals surface area contributed by atoms with Crippen molar-refractivity contribution in [3.8, 4) is 11.3 Å². The number of H-pyrrole nitrogens is 1. The first-order valence-corrected chi connectivity index (χ1v) is 9.41. The fraction of sp³-hybridized carbons (Fsp3) is 0.474. The maximum Gasteiger partial charge on any atom is 0.257 e. The first-order chi connectivity index (χ1) is 12.2. The highest BCUT2D eigenvalue weighted by Crippen LogP contribution is 2.30. The second kappa shape index (κ2) is 8.42. The number of amides is 1. The summed E-state index contributed by atoms with van der Waals surface area (Å²) in [5, 5.41) is 11.3. The van der Waals surface area contributed by atoms with Crippen LogP contribution in [0.3, 0.4) is 0 Å². The molecule has 1 aliphatic carbocycles. The smallest absolute Gasteiger partial charge is 0.257 e. The van der Waals surface area contributed by atoms with Gasteiger partial charge in [-0.1, -0.05) is 29.8 Å². The molecule has 1 amide bonds. The number of benzene rings is 1. The van der Waals surface area contributed by atoms with Crippen molar-refractivity contribution >= 4 is 29.9 Å². The van der Waals surface area contributed by atoms with E-state index in [9.17, 15) is 4.79 Å². The first kappa shape index (κ1) is 19.2. The Balaban J connectivity index is 0.00000196. The van der Waals surface area contributed by atoms with Crippen molar-refractivity contribution in [2.75, 3.05) is 19.6 Å². The Bertz CT molecular complexity index is 752. The molecule has 1 aromatic carbocycles. The van der Waals surface area contributed by atoms with Gasteiger partial charge in [0.2, 0.25) is 0 Å². The highest BCUT2D eigenvalue weighted by Gasteiger charge is 2.28. The largest absolute Gasteiger partial charge is 0.338 e. The fourth-order valence-corrected chi connectivity index (χ4v) is 3.66. The number of piperidine rings is 1. The maximum absolute atomic E-state index is 13.0. The molecule has 0 bridgehead atoms. The predicted molar refractivity (Wildman–Crippen MR) is 106 cm³/mol. The van der Waals surface area contributed by atoms with E-state index in [1.807, 2.05) is 29.2 Å². The fourth-order valence-electron chi connectivity index (χ4n) is 3.43. The zero-order valence-electron chi connectivity index (χ0n) is 14.6. The van der Waals surface area contributed by atoms with Gasteiger partial charge in [-0.3, -0.25) is 9.89 Å².